The summed E-state index contributed by atoms with van der Waals surface area (Å²) in [6.45, 7) is 1.96. The average Bonchev–Trinajstić information content (AvgIpc) is 2.80. The van der Waals surface area contributed by atoms with E-state index in [2.05, 4.69) is 4.98 Å². The van der Waals surface area contributed by atoms with Crippen LogP contribution in [0.2, 0.25) is 0 Å². The van der Waals surface area contributed by atoms with E-state index in [1.54, 1.807) is 23.5 Å². The van der Waals surface area contributed by atoms with E-state index in [1.807, 2.05) is 19.1 Å². The van der Waals surface area contributed by atoms with Gasteiger partial charge in [0.15, 0.2) is 5.13 Å². The van der Waals surface area contributed by atoms with Gasteiger partial charge in [0.25, 0.3) is 0 Å². The molecule has 0 radical (unpaired) electrons. The lowest BCUT2D eigenvalue weighted by atomic mass is 10.0. The van der Waals surface area contributed by atoms with E-state index in [0.717, 1.165) is 17.1 Å². The van der Waals surface area contributed by atoms with Crippen LogP contribution in [0.1, 0.15) is 39.3 Å². The summed E-state index contributed by atoms with van der Waals surface area (Å²) >= 11 is 1.66. The minimum absolute atomic E-state index is 0.375. The van der Waals surface area contributed by atoms with Crippen LogP contribution in [-0.4, -0.2) is 10.9 Å². The molecule has 3 rings (SSSR count). The number of primary amides is 1. The number of nitrogens with two attached hydrogens (primary N) is 2. The van der Waals surface area contributed by atoms with Crippen molar-refractivity contribution in [2.24, 2.45) is 5.73 Å². The van der Waals surface area contributed by atoms with Crippen LogP contribution in [0.4, 0.5) is 5.13 Å². The normalized spacial score (nSPS) is 13.1. The van der Waals surface area contributed by atoms with Gasteiger partial charge in [0.2, 0.25) is 5.91 Å². The molecule has 0 aliphatic heterocycles. The van der Waals surface area contributed by atoms with Crippen LogP contribution in [0.15, 0.2) is 24.3 Å². The Hall–Kier alpha value is -1.88. The fourth-order valence-electron chi connectivity index (χ4n) is 2.09. The van der Waals surface area contributed by atoms with Gasteiger partial charge in [-0.15, -0.1) is 11.3 Å². The first-order valence-electron chi connectivity index (χ1n) is 6.67. The second-order valence-corrected chi connectivity index (χ2v) is 5.97. The van der Waals surface area contributed by atoms with E-state index >= 15 is 0 Å². The molecule has 4 N–H and O–H groups in total. The third-order valence-corrected chi connectivity index (χ3v) is 4.18. The van der Waals surface area contributed by atoms with Gasteiger partial charge in [-0.05, 0) is 44.7 Å². The Labute approximate surface area is 122 Å². The Bertz CT molecular complexity index is 566. The molecule has 1 aromatic heterocycles. The number of carbonyl (C=O) groups is 1. The maximum atomic E-state index is 10.5. The molecular formula is C15H19N3OS. The molecule has 0 saturated carbocycles. The van der Waals surface area contributed by atoms with Crippen molar-refractivity contribution in [3.05, 3.63) is 46.0 Å². The molecule has 0 fully saturated rings. The van der Waals surface area contributed by atoms with Crippen LogP contribution < -0.4 is 11.5 Å². The summed E-state index contributed by atoms with van der Waals surface area (Å²) in [6, 6.07) is 7.16. The summed E-state index contributed by atoms with van der Waals surface area (Å²) in [5.41, 5.74) is 13.5. The van der Waals surface area contributed by atoms with E-state index < -0.39 is 0 Å². The predicted molar refractivity (Wildman–Crippen MR) is 82.9 cm³/mol. The molecule has 5 heteroatoms. The second kappa shape index (κ2) is 6.52. The number of carbonyl (C=O) groups excluding carboxylic acids is 1. The molecule has 0 saturated heterocycles. The topological polar surface area (TPSA) is 82.0 Å². The number of hydrogen-bond acceptors (Lipinski definition) is 4. The van der Waals surface area contributed by atoms with Crippen molar-refractivity contribution in [2.45, 2.75) is 32.6 Å². The lowest BCUT2D eigenvalue weighted by molar-refractivity contribution is 0.100. The monoisotopic (exact) mass is 289 g/mol. The summed E-state index contributed by atoms with van der Waals surface area (Å²) in [7, 11) is 0. The number of rotatable bonds is 1. The number of aromatic nitrogens is 1. The van der Waals surface area contributed by atoms with E-state index in [0.29, 0.717) is 5.56 Å². The summed E-state index contributed by atoms with van der Waals surface area (Å²) in [5.74, 6) is -0.375. The van der Waals surface area contributed by atoms with Gasteiger partial charge in [-0.25, -0.2) is 4.98 Å². The third kappa shape index (κ3) is 3.81. The van der Waals surface area contributed by atoms with Gasteiger partial charge in [0.1, 0.15) is 0 Å². The number of benzene rings is 1. The van der Waals surface area contributed by atoms with Gasteiger partial charge >= 0.3 is 0 Å². The Morgan fingerprint density at radius 1 is 1.20 bits per heavy atom. The summed E-state index contributed by atoms with van der Waals surface area (Å²) < 4.78 is 0. The van der Waals surface area contributed by atoms with E-state index in [1.165, 1.54) is 29.8 Å². The molecule has 20 heavy (non-hydrogen) atoms. The number of amides is 1. The van der Waals surface area contributed by atoms with Crippen molar-refractivity contribution in [2.75, 3.05) is 5.73 Å². The fraction of sp³-hybridized carbons (Fsp3) is 0.333. The standard InChI is InChI=1S/C8H9NO.C7H10N2S/c1-6-2-4-7(5-3-6)8(9)10;8-7-9-5-3-1-2-4-6(5)10-7/h2-5H,1H3,(H2,9,10);1-4H2,(H2,8,9). The smallest absolute Gasteiger partial charge is 0.248 e. The number of nitrogens with zero attached hydrogens (tertiary/aromatic N) is 1. The summed E-state index contributed by atoms with van der Waals surface area (Å²) in [5, 5.41) is 0.743. The lowest BCUT2D eigenvalue weighted by Crippen LogP contribution is -2.10. The molecule has 1 heterocycles. The third-order valence-electron chi connectivity index (χ3n) is 3.20. The number of aryl methyl sites for hydroxylation is 3. The summed E-state index contributed by atoms with van der Waals surface area (Å²) in [6.07, 6.45) is 4.94. The SMILES string of the molecule is Cc1ccc(C(N)=O)cc1.Nc1nc2c(s1)CCCC2. The highest BCUT2D eigenvalue weighted by Crippen LogP contribution is 2.27. The van der Waals surface area contributed by atoms with E-state index in [9.17, 15) is 4.79 Å². The van der Waals surface area contributed by atoms with Gasteiger partial charge in [0.05, 0.1) is 5.69 Å². The number of fused-ring (bicyclic) bond motifs is 1. The fourth-order valence-corrected chi connectivity index (χ4v) is 3.01. The quantitative estimate of drug-likeness (QED) is 0.846. The van der Waals surface area contributed by atoms with Crippen molar-refractivity contribution in [1.82, 2.24) is 4.98 Å². The Kier molecular flexibility index (Phi) is 4.74. The van der Waals surface area contributed by atoms with Gasteiger partial charge in [-0.1, -0.05) is 17.7 Å². The maximum absolute atomic E-state index is 10.5. The molecule has 1 amide bonds. The Balaban J connectivity index is 0.000000147. The number of nitrogen functional groups attached to an aromatic ring is 1. The highest BCUT2D eigenvalue weighted by Gasteiger charge is 2.12. The molecule has 0 spiro atoms. The summed E-state index contributed by atoms with van der Waals surface area (Å²) in [4.78, 5) is 16.2. The molecule has 2 aromatic rings. The molecule has 4 nitrogen and oxygen atoms in total. The molecule has 1 aromatic carbocycles. The zero-order chi connectivity index (χ0) is 14.5. The van der Waals surface area contributed by atoms with Gasteiger partial charge < -0.3 is 11.5 Å². The van der Waals surface area contributed by atoms with Crippen LogP contribution >= 0.6 is 11.3 Å². The first-order chi connectivity index (χ1) is 9.56. The zero-order valence-corrected chi connectivity index (χ0v) is 12.4. The molecule has 1 aliphatic carbocycles. The number of anilines is 1. The van der Waals surface area contributed by atoms with Crippen molar-refractivity contribution >= 4 is 22.4 Å². The second-order valence-electron chi connectivity index (χ2n) is 4.86. The van der Waals surface area contributed by atoms with Crippen LogP contribution in [0.5, 0.6) is 0 Å². The zero-order valence-electron chi connectivity index (χ0n) is 11.6. The van der Waals surface area contributed by atoms with Crippen molar-refractivity contribution in [3.8, 4) is 0 Å². The number of hydrogen-bond donors (Lipinski definition) is 2. The first-order valence-corrected chi connectivity index (χ1v) is 7.48. The van der Waals surface area contributed by atoms with Crippen LogP contribution in [-0.2, 0) is 12.8 Å². The van der Waals surface area contributed by atoms with Gasteiger partial charge in [-0.2, -0.15) is 0 Å². The highest BCUT2D eigenvalue weighted by atomic mass is 32.1. The van der Waals surface area contributed by atoms with E-state index in [-0.39, 0.29) is 5.91 Å². The Morgan fingerprint density at radius 3 is 2.45 bits per heavy atom. The Morgan fingerprint density at radius 2 is 1.85 bits per heavy atom. The maximum Gasteiger partial charge on any atom is 0.248 e. The number of thiazole rings is 1. The minimum Gasteiger partial charge on any atom is -0.375 e. The van der Waals surface area contributed by atoms with Crippen LogP contribution in [0.25, 0.3) is 0 Å². The molecule has 0 bridgehead atoms. The lowest BCUT2D eigenvalue weighted by Gasteiger charge is -2.06. The molecule has 106 valence electrons. The van der Waals surface area contributed by atoms with Crippen molar-refractivity contribution < 1.29 is 4.79 Å². The van der Waals surface area contributed by atoms with Crippen molar-refractivity contribution in [3.63, 3.8) is 0 Å². The van der Waals surface area contributed by atoms with Crippen LogP contribution in [0, 0.1) is 6.92 Å². The predicted octanol–water partition coefficient (Wildman–Crippen LogP) is 2.70. The van der Waals surface area contributed by atoms with Crippen LogP contribution in [0.3, 0.4) is 0 Å². The molecular weight excluding hydrogens is 270 g/mol. The molecule has 0 atom stereocenters. The molecule has 1 aliphatic rings. The van der Waals surface area contributed by atoms with Crippen molar-refractivity contribution in [1.29, 1.82) is 0 Å². The molecule has 0 unspecified atom stereocenters. The largest absolute Gasteiger partial charge is 0.375 e. The van der Waals surface area contributed by atoms with Gasteiger partial charge in [-0.3, -0.25) is 4.79 Å². The first kappa shape index (κ1) is 14.5. The van der Waals surface area contributed by atoms with E-state index in [4.69, 9.17) is 11.5 Å². The minimum atomic E-state index is -0.375. The van der Waals surface area contributed by atoms with Gasteiger partial charge in [0, 0.05) is 10.4 Å². The highest BCUT2D eigenvalue weighted by molar-refractivity contribution is 7.15. The average molecular weight is 289 g/mol.